The summed E-state index contributed by atoms with van der Waals surface area (Å²) in [7, 11) is -5.14. The van der Waals surface area contributed by atoms with Crippen molar-refractivity contribution in [2.75, 3.05) is 0 Å². The predicted molar refractivity (Wildman–Crippen MR) is 21.7 cm³/mol. The summed E-state index contributed by atoms with van der Waals surface area (Å²) in [5.41, 5.74) is 0. The molecule has 0 rings (SSSR count). The maximum atomic E-state index is 10.4. The molecular weight excluding hydrogens is 203 g/mol. The third-order valence-corrected chi connectivity index (χ3v) is 0. The van der Waals surface area contributed by atoms with Crippen LogP contribution in [0.3, 0.4) is 0 Å². The van der Waals surface area contributed by atoms with Gasteiger partial charge in [-0.1, -0.05) is 0 Å². The Morgan fingerprint density at radius 1 is 1.43 bits per heavy atom. The first kappa shape index (κ1) is 16.0. The van der Waals surface area contributed by atoms with E-state index in [1.165, 1.54) is 0 Å². The van der Waals surface area contributed by atoms with Gasteiger partial charge in [-0.25, -0.2) is 4.57 Å². The average molecular weight is 207 g/mol. The van der Waals surface area contributed by atoms with Gasteiger partial charge in [0.2, 0.25) is 0 Å². The van der Waals surface area contributed by atoms with Crippen molar-refractivity contribution < 1.29 is 38.0 Å². The summed E-state index contributed by atoms with van der Waals surface area (Å²) in [5, 5.41) is 0. The Hall–Kier alpha value is 1.96. The van der Waals surface area contributed by atoms with E-state index < -0.39 is 7.91 Å². The zero-order valence-corrected chi connectivity index (χ0v) is 6.70. The third kappa shape index (κ3) is 73.5. The van der Waals surface area contributed by atoms with Gasteiger partial charge in [-0.3, -0.25) is 9.79 Å². The number of hydrogen-bond donors (Lipinski definition) is 2. The van der Waals surface area contributed by atoms with E-state index in [2.05, 4.69) is 0 Å². The number of hydrogen-bond acceptors (Lipinski definition) is 1. The fourth-order valence-corrected chi connectivity index (χ4v) is 0. The van der Waals surface area contributed by atoms with Crippen molar-refractivity contribution in [1.82, 2.24) is 0 Å². The monoisotopic (exact) mass is 206 g/mol. The summed E-state index contributed by atoms with van der Waals surface area (Å²) < 4.78 is 19.0. The average Bonchev–Trinajstić information content (AvgIpc) is 0.722. The molecule has 0 radical (unpaired) electrons. The third-order valence-electron chi connectivity index (χ3n) is 0. The van der Waals surface area contributed by atoms with Gasteiger partial charge in [-0.05, 0) is 0 Å². The van der Waals surface area contributed by atoms with E-state index >= 15 is 0 Å². The van der Waals surface area contributed by atoms with Gasteiger partial charge in [0.25, 0.3) is 0 Å². The van der Waals surface area contributed by atoms with Gasteiger partial charge in [-0.2, -0.15) is 0 Å². The van der Waals surface area contributed by atoms with E-state index in [1.807, 2.05) is 0 Å². The largest absolute Gasteiger partial charge is 0 e. The molecule has 7 heavy (non-hydrogen) atoms. The molecule has 0 aliphatic carbocycles. The molecule has 0 aliphatic heterocycles. The first-order valence-electron chi connectivity index (χ1n) is 0.752. The zero-order valence-electron chi connectivity index (χ0n) is 2.83. The molecule has 7 heteroatoms. The molecular formula is H4CaFO3PZn. The maximum absolute atomic E-state index is 10.4. The molecule has 0 spiro atoms. The summed E-state index contributed by atoms with van der Waals surface area (Å²) in [4.78, 5) is 13.9. The first-order chi connectivity index (χ1) is 2.00. The molecule has 3 nitrogen and oxygen atoms in total. The predicted octanol–water partition coefficient (Wildman–Crippen LogP) is -0.870. The zero-order chi connectivity index (χ0) is 4.50. The van der Waals surface area contributed by atoms with Crippen molar-refractivity contribution in [3.63, 3.8) is 0 Å². The van der Waals surface area contributed by atoms with Crippen LogP contribution in [-0.2, 0) is 24.0 Å². The first-order valence-corrected chi connectivity index (χ1v) is 2.25. The van der Waals surface area contributed by atoms with E-state index in [0.29, 0.717) is 0 Å². The summed E-state index contributed by atoms with van der Waals surface area (Å²) in [6.45, 7) is 0. The van der Waals surface area contributed by atoms with Crippen LogP contribution in [0.2, 0.25) is 0 Å². The van der Waals surface area contributed by atoms with E-state index in [9.17, 15) is 4.20 Å². The van der Waals surface area contributed by atoms with Crippen LogP contribution in [0.1, 0.15) is 0 Å². The Kier molecular flexibility index (Phi) is 13.9. The number of halogens is 1. The van der Waals surface area contributed by atoms with Gasteiger partial charge in [0.15, 0.2) is 0 Å². The van der Waals surface area contributed by atoms with E-state index in [1.54, 1.807) is 0 Å². The summed E-state index contributed by atoms with van der Waals surface area (Å²) in [6.07, 6.45) is 0. The van der Waals surface area contributed by atoms with Gasteiger partial charge in [-0.15, -0.1) is 4.20 Å². The van der Waals surface area contributed by atoms with Crippen molar-refractivity contribution in [2.24, 2.45) is 0 Å². The second kappa shape index (κ2) is 6.09. The molecule has 0 aromatic heterocycles. The molecule has 0 aromatic carbocycles. The quantitative estimate of drug-likeness (QED) is 0.401. The minimum atomic E-state index is -5.14. The van der Waals surface area contributed by atoms with Gasteiger partial charge in [0, 0.05) is 19.5 Å². The fourth-order valence-electron chi connectivity index (χ4n) is 0. The molecule has 0 unspecified atom stereocenters. The second-order valence-corrected chi connectivity index (χ2v) is 1.42. The van der Waals surface area contributed by atoms with Crippen LogP contribution in [0, 0.1) is 0 Å². The molecule has 0 aliphatic rings. The normalized spacial score (nSPS) is 8.43. The SMILES string of the molecule is O=P(O)(O)F.[CaH2].[Zn]. The minimum Gasteiger partial charge on any atom is 0 e. The van der Waals surface area contributed by atoms with Crippen molar-refractivity contribution in [1.29, 1.82) is 0 Å². The van der Waals surface area contributed by atoms with Crippen molar-refractivity contribution >= 4 is 45.6 Å². The van der Waals surface area contributed by atoms with Crippen LogP contribution < -0.4 is 0 Å². The molecule has 0 aromatic rings. The second-order valence-electron chi connectivity index (χ2n) is 0.473. The molecule has 0 bridgehead atoms. The van der Waals surface area contributed by atoms with Crippen LogP contribution in [0.5, 0.6) is 0 Å². The Bertz CT molecular complexity index is 61.1. The smallest absolute Gasteiger partial charge is 0 e. The Morgan fingerprint density at radius 2 is 1.43 bits per heavy atom. The van der Waals surface area contributed by atoms with E-state index in [-0.39, 0.29) is 57.2 Å². The van der Waals surface area contributed by atoms with Crippen LogP contribution in [0.4, 0.5) is 4.20 Å². The van der Waals surface area contributed by atoms with Crippen LogP contribution in [0.15, 0.2) is 0 Å². The van der Waals surface area contributed by atoms with E-state index in [0.717, 1.165) is 0 Å². The van der Waals surface area contributed by atoms with Crippen molar-refractivity contribution in [3.8, 4) is 0 Å². The molecule has 0 atom stereocenters. The Morgan fingerprint density at radius 3 is 1.43 bits per heavy atom. The van der Waals surface area contributed by atoms with Crippen molar-refractivity contribution in [3.05, 3.63) is 0 Å². The van der Waals surface area contributed by atoms with E-state index in [4.69, 9.17) is 14.4 Å². The number of rotatable bonds is 0. The standard InChI is InChI=1S/Ca.FH2O3P.Zn.2H/c;1-5(2,3)4;;;/h;(H2,2,3,4);;;. The Balaban J connectivity index is -0.0000000800. The molecule has 0 fully saturated rings. The summed E-state index contributed by atoms with van der Waals surface area (Å²) in [5.74, 6) is 0. The fraction of sp³-hybridized carbons (Fsp3) is 0. The summed E-state index contributed by atoms with van der Waals surface area (Å²) in [6, 6.07) is 0. The van der Waals surface area contributed by atoms with Crippen LogP contribution >= 0.6 is 7.91 Å². The Labute approximate surface area is 82.7 Å². The topological polar surface area (TPSA) is 57.5 Å². The van der Waals surface area contributed by atoms with Crippen molar-refractivity contribution in [2.45, 2.75) is 0 Å². The molecule has 0 heterocycles. The molecule has 38 valence electrons. The maximum Gasteiger partial charge on any atom is 0 e. The molecule has 0 saturated carbocycles. The van der Waals surface area contributed by atoms with Gasteiger partial charge >= 0.3 is 45.6 Å². The van der Waals surface area contributed by atoms with Crippen LogP contribution in [-0.4, -0.2) is 47.5 Å². The minimum absolute atomic E-state index is 0. The van der Waals surface area contributed by atoms with Gasteiger partial charge in [0.1, 0.15) is 0 Å². The van der Waals surface area contributed by atoms with Gasteiger partial charge < -0.3 is 0 Å². The summed E-state index contributed by atoms with van der Waals surface area (Å²) >= 11 is 0. The van der Waals surface area contributed by atoms with Gasteiger partial charge in [0.05, 0.1) is 0 Å². The molecule has 0 amide bonds. The molecule has 2 N–H and O–H groups in total. The van der Waals surface area contributed by atoms with Crippen LogP contribution in [0.25, 0.3) is 0 Å². The molecule has 0 saturated heterocycles.